The van der Waals surface area contributed by atoms with Crippen molar-refractivity contribution in [1.29, 1.82) is 0 Å². The Labute approximate surface area is 148 Å². The zero-order valence-electron chi connectivity index (χ0n) is 14.8. The van der Waals surface area contributed by atoms with Crippen LogP contribution in [0.4, 0.5) is 10.6 Å². The zero-order chi connectivity index (χ0) is 17.8. The minimum absolute atomic E-state index is 0.0956. The number of hydrogen-bond acceptors (Lipinski definition) is 3. The van der Waals surface area contributed by atoms with Gasteiger partial charge in [0, 0.05) is 31.8 Å². The second kappa shape index (κ2) is 7.70. The van der Waals surface area contributed by atoms with Crippen LogP contribution in [0.25, 0.3) is 0 Å². The molecular weight excluding hydrogens is 316 g/mol. The molecule has 2 aromatic rings. The fourth-order valence-electron chi connectivity index (χ4n) is 3.37. The van der Waals surface area contributed by atoms with Crippen LogP contribution in [0.3, 0.4) is 0 Å². The normalized spacial score (nSPS) is 21.1. The fourth-order valence-corrected chi connectivity index (χ4v) is 3.37. The molecule has 1 aliphatic carbocycles. The Balaban J connectivity index is 1.58. The predicted octanol–water partition coefficient (Wildman–Crippen LogP) is 3.12. The highest BCUT2D eigenvalue weighted by Gasteiger charge is 2.27. The van der Waals surface area contributed by atoms with E-state index in [4.69, 9.17) is 0 Å². The number of amides is 2. The van der Waals surface area contributed by atoms with E-state index in [9.17, 15) is 9.90 Å². The summed E-state index contributed by atoms with van der Waals surface area (Å²) in [6.45, 7) is 2.63. The second-order valence-corrected chi connectivity index (χ2v) is 6.84. The molecule has 6 heteroatoms. The fraction of sp³-hybridized carbons (Fsp3) is 0.474. The highest BCUT2D eigenvalue weighted by Crippen LogP contribution is 2.26. The van der Waals surface area contributed by atoms with Crippen LogP contribution in [-0.4, -0.2) is 45.5 Å². The number of carbonyl (C=O) groups is 1. The first kappa shape index (κ1) is 17.5. The lowest BCUT2D eigenvalue weighted by molar-refractivity contribution is 0.116. The largest absolute Gasteiger partial charge is 0.393 e. The Kier molecular flexibility index (Phi) is 5.38. The van der Waals surface area contributed by atoms with E-state index in [1.807, 2.05) is 29.1 Å². The van der Waals surface area contributed by atoms with E-state index in [1.165, 1.54) is 0 Å². The number of anilines is 1. The van der Waals surface area contributed by atoms with Crippen molar-refractivity contribution in [1.82, 2.24) is 14.7 Å². The second-order valence-electron chi connectivity index (χ2n) is 6.84. The maximum Gasteiger partial charge on any atom is 0.322 e. The van der Waals surface area contributed by atoms with Gasteiger partial charge in [0.05, 0.1) is 12.1 Å². The van der Waals surface area contributed by atoms with Crippen LogP contribution in [0.2, 0.25) is 0 Å². The highest BCUT2D eigenvalue weighted by atomic mass is 16.3. The van der Waals surface area contributed by atoms with Crippen LogP contribution in [0.1, 0.15) is 37.8 Å². The van der Waals surface area contributed by atoms with E-state index < -0.39 is 0 Å². The lowest BCUT2D eigenvalue weighted by Gasteiger charge is -2.23. The van der Waals surface area contributed by atoms with Crippen molar-refractivity contribution in [3.8, 4) is 0 Å². The van der Waals surface area contributed by atoms with Crippen LogP contribution in [-0.2, 0) is 0 Å². The molecular formula is C19H26N4O2. The Morgan fingerprint density at radius 3 is 2.80 bits per heavy atom. The Morgan fingerprint density at radius 2 is 2.12 bits per heavy atom. The number of aliphatic hydroxyl groups excluding tert-OH is 1. The first-order valence-electron chi connectivity index (χ1n) is 8.85. The molecule has 3 atom stereocenters. The molecule has 1 saturated carbocycles. The highest BCUT2D eigenvalue weighted by molar-refractivity contribution is 5.88. The number of nitrogens with one attached hydrogen (secondary N) is 1. The predicted molar refractivity (Wildman–Crippen MR) is 97.5 cm³/mol. The summed E-state index contributed by atoms with van der Waals surface area (Å²) >= 11 is 0. The van der Waals surface area contributed by atoms with Crippen molar-refractivity contribution in [2.24, 2.45) is 5.92 Å². The average Bonchev–Trinajstić information content (AvgIpc) is 3.24. The van der Waals surface area contributed by atoms with Gasteiger partial charge < -0.3 is 10.0 Å². The van der Waals surface area contributed by atoms with Crippen molar-refractivity contribution < 1.29 is 9.90 Å². The summed E-state index contributed by atoms with van der Waals surface area (Å²) in [7, 11) is 1.75. The minimum atomic E-state index is -0.291. The van der Waals surface area contributed by atoms with E-state index in [0.29, 0.717) is 12.4 Å². The molecule has 25 heavy (non-hydrogen) atoms. The molecule has 0 saturated heterocycles. The Bertz CT molecular complexity index is 700. The monoisotopic (exact) mass is 342 g/mol. The lowest BCUT2D eigenvalue weighted by Crippen LogP contribution is -2.37. The molecule has 3 rings (SSSR count). The zero-order valence-corrected chi connectivity index (χ0v) is 14.8. The number of carbonyl (C=O) groups excluding carboxylic acids is 1. The van der Waals surface area contributed by atoms with Gasteiger partial charge in [-0.2, -0.15) is 5.10 Å². The van der Waals surface area contributed by atoms with Gasteiger partial charge >= 0.3 is 6.03 Å². The van der Waals surface area contributed by atoms with E-state index in [1.54, 1.807) is 18.0 Å². The molecule has 0 unspecified atom stereocenters. The van der Waals surface area contributed by atoms with Gasteiger partial charge in [-0.05, 0) is 25.3 Å². The Hall–Kier alpha value is -2.34. The number of aromatic nitrogens is 2. The first-order chi connectivity index (χ1) is 12.0. The molecule has 1 aliphatic rings. The molecule has 2 amide bonds. The van der Waals surface area contributed by atoms with Crippen molar-refractivity contribution in [3.63, 3.8) is 0 Å². The van der Waals surface area contributed by atoms with Gasteiger partial charge in [-0.15, -0.1) is 0 Å². The van der Waals surface area contributed by atoms with Gasteiger partial charge in [0.15, 0.2) is 5.82 Å². The van der Waals surface area contributed by atoms with Gasteiger partial charge in [0.1, 0.15) is 0 Å². The molecule has 6 nitrogen and oxygen atoms in total. The van der Waals surface area contributed by atoms with Crippen molar-refractivity contribution >= 4 is 11.8 Å². The number of aliphatic hydroxyl groups is 1. The number of nitrogens with zero attached hydrogens (tertiary/aromatic N) is 3. The molecule has 0 aliphatic heterocycles. The number of hydrogen-bond donors (Lipinski definition) is 2. The van der Waals surface area contributed by atoms with Gasteiger partial charge in [-0.3, -0.25) is 10.00 Å². The smallest absolute Gasteiger partial charge is 0.322 e. The third-order valence-corrected chi connectivity index (χ3v) is 5.00. The lowest BCUT2D eigenvalue weighted by atomic mass is 10.1. The average molecular weight is 342 g/mol. The summed E-state index contributed by atoms with van der Waals surface area (Å²) in [5.74, 6) is 0.706. The van der Waals surface area contributed by atoms with Crippen LogP contribution >= 0.6 is 0 Å². The van der Waals surface area contributed by atoms with E-state index in [0.717, 1.165) is 24.8 Å². The summed E-state index contributed by atoms with van der Waals surface area (Å²) in [6.07, 6.45) is 4.42. The van der Waals surface area contributed by atoms with Crippen LogP contribution < -0.4 is 5.32 Å². The topological polar surface area (TPSA) is 70.4 Å². The third-order valence-electron chi connectivity index (χ3n) is 5.00. The molecule has 2 N–H and O–H groups in total. The van der Waals surface area contributed by atoms with Crippen LogP contribution in [0.5, 0.6) is 0 Å². The molecule has 134 valence electrons. The molecule has 0 radical (unpaired) electrons. The number of urea groups is 1. The van der Waals surface area contributed by atoms with Gasteiger partial charge in [0.2, 0.25) is 0 Å². The summed E-state index contributed by atoms with van der Waals surface area (Å²) in [6, 6.07) is 11.8. The Morgan fingerprint density at radius 1 is 1.36 bits per heavy atom. The number of benzene rings is 1. The van der Waals surface area contributed by atoms with Crippen LogP contribution in [0, 0.1) is 5.92 Å². The first-order valence-corrected chi connectivity index (χ1v) is 8.85. The van der Waals surface area contributed by atoms with Gasteiger partial charge in [-0.25, -0.2) is 4.79 Å². The molecule has 0 bridgehead atoms. The summed E-state index contributed by atoms with van der Waals surface area (Å²) in [4.78, 5) is 14.0. The minimum Gasteiger partial charge on any atom is -0.393 e. The van der Waals surface area contributed by atoms with Crippen LogP contribution in [0.15, 0.2) is 42.6 Å². The molecule has 1 fully saturated rings. The maximum atomic E-state index is 12.3. The van der Waals surface area contributed by atoms with Crippen molar-refractivity contribution in [2.75, 3.05) is 18.9 Å². The van der Waals surface area contributed by atoms with Gasteiger partial charge in [0.25, 0.3) is 0 Å². The molecule has 0 spiro atoms. The summed E-state index contributed by atoms with van der Waals surface area (Å²) < 4.78 is 1.84. The molecule has 1 heterocycles. The summed E-state index contributed by atoms with van der Waals surface area (Å²) in [5, 5.41) is 17.2. The van der Waals surface area contributed by atoms with Crippen molar-refractivity contribution in [3.05, 3.63) is 48.2 Å². The van der Waals surface area contributed by atoms with Gasteiger partial charge in [-0.1, -0.05) is 36.8 Å². The molecule has 1 aromatic heterocycles. The van der Waals surface area contributed by atoms with Crippen molar-refractivity contribution in [2.45, 2.75) is 38.3 Å². The molecule has 1 aromatic carbocycles. The maximum absolute atomic E-state index is 12.3. The van der Waals surface area contributed by atoms with E-state index in [2.05, 4.69) is 29.5 Å². The number of rotatable bonds is 5. The van der Waals surface area contributed by atoms with E-state index in [-0.39, 0.29) is 24.1 Å². The van der Waals surface area contributed by atoms with E-state index >= 15 is 0 Å². The quantitative estimate of drug-likeness (QED) is 0.877. The SMILES string of the molecule is C[C@H](c1ccccc1)n1ccc(NC(=O)N(C)C[C@@H]2CCC[C@H]2O)n1. The summed E-state index contributed by atoms with van der Waals surface area (Å²) in [5.41, 5.74) is 1.16. The third kappa shape index (κ3) is 4.20. The standard InChI is InChI=1S/C19H26N4O2/c1-14(15-7-4-3-5-8-15)23-12-11-18(21-23)20-19(25)22(2)13-16-9-6-10-17(16)24/h3-5,7-8,11-12,14,16-17,24H,6,9-10,13H2,1-2H3,(H,20,21,25)/t14-,16+,17-/m1/s1.